The van der Waals surface area contributed by atoms with E-state index >= 15 is 0 Å². The third-order valence-electron chi connectivity index (χ3n) is 2.86. The lowest BCUT2D eigenvalue weighted by Gasteiger charge is -2.10. The van der Waals surface area contributed by atoms with Crippen molar-refractivity contribution in [3.63, 3.8) is 0 Å². The molecule has 19 heavy (non-hydrogen) atoms. The first-order valence-corrected chi connectivity index (χ1v) is 6.78. The van der Waals surface area contributed by atoms with Crippen molar-refractivity contribution in [3.8, 4) is 5.75 Å². The van der Waals surface area contributed by atoms with Crippen LogP contribution in [0.1, 0.15) is 19.2 Å². The zero-order valence-electron chi connectivity index (χ0n) is 11.4. The molecule has 1 heterocycles. The van der Waals surface area contributed by atoms with Crippen LogP contribution in [-0.4, -0.2) is 22.7 Å². The molecule has 0 saturated heterocycles. The molecule has 1 aromatic carbocycles. The van der Waals surface area contributed by atoms with Gasteiger partial charge in [0.05, 0.1) is 13.1 Å². The van der Waals surface area contributed by atoms with E-state index in [4.69, 9.17) is 4.74 Å². The van der Waals surface area contributed by atoms with Gasteiger partial charge in [0, 0.05) is 12.4 Å². The molecule has 1 aromatic heterocycles. The second-order valence-corrected chi connectivity index (χ2v) is 4.38. The summed E-state index contributed by atoms with van der Waals surface area (Å²) in [7, 11) is 0. The van der Waals surface area contributed by atoms with Gasteiger partial charge >= 0.3 is 0 Å². The molecule has 1 N–H and O–H groups in total. The maximum absolute atomic E-state index is 5.69. The summed E-state index contributed by atoms with van der Waals surface area (Å²) in [5.41, 5.74) is 0. The molecule has 0 amide bonds. The molecule has 0 atom stereocenters. The number of ether oxygens (including phenoxy) is 1. The SMILES string of the molecule is CCCNCc1nccn1CCOc1ccccc1. The Bertz CT molecular complexity index is 467. The Hall–Kier alpha value is -1.81. The number of imidazole rings is 1. The largest absolute Gasteiger partial charge is 0.492 e. The maximum atomic E-state index is 5.69. The Morgan fingerprint density at radius 2 is 2.11 bits per heavy atom. The molecule has 2 aromatic rings. The fourth-order valence-corrected chi connectivity index (χ4v) is 1.87. The molecule has 0 aliphatic carbocycles. The third-order valence-corrected chi connectivity index (χ3v) is 2.86. The van der Waals surface area contributed by atoms with Crippen molar-refractivity contribution in [2.45, 2.75) is 26.4 Å². The average molecular weight is 259 g/mol. The van der Waals surface area contributed by atoms with Crippen LogP contribution in [0.4, 0.5) is 0 Å². The van der Waals surface area contributed by atoms with E-state index < -0.39 is 0 Å². The molecule has 4 nitrogen and oxygen atoms in total. The zero-order valence-corrected chi connectivity index (χ0v) is 11.4. The van der Waals surface area contributed by atoms with Crippen molar-refractivity contribution < 1.29 is 4.74 Å². The highest BCUT2D eigenvalue weighted by atomic mass is 16.5. The Morgan fingerprint density at radius 3 is 2.89 bits per heavy atom. The first kappa shape index (κ1) is 13.6. The van der Waals surface area contributed by atoms with Crippen LogP contribution < -0.4 is 10.1 Å². The number of benzene rings is 1. The summed E-state index contributed by atoms with van der Waals surface area (Å²) in [5, 5.41) is 3.36. The standard InChI is InChI=1S/C15H21N3O/c1-2-8-16-13-15-17-9-10-18(15)11-12-19-14-6-4-3-5-7-14/h3-7,9-10,16H,2,8,11-13H2,1H3. The number of para-hydroxylation sites is 1. The van der Waals surface area contributed by atoms with Gasteiger partial charge in [-0.1, -0.05) is 25.1 Å². The monoisotopic (exact) mass is 259 g/mol. The van der Waals surface area contributed by atoms with E-state index in [2.05, 4.69) is 21.8 Å². The molecule has 0 bridgehead atoms. The second-order valence-electron chi connectivity index (χ2n) is 4.38. The van der Waals surface area contributed by atoms with E-state index in [-0.39, 0.29) is 0 Å². The molecular formula is C15H21N3O. The van der Waals surface area contributed by atoms with Gasteiger partial charge in [-0.25, -0.2) is 4.98 Å². The highest BCUT2D eigenvalue weighted by Gasteiger charge is 2.02. The molecule has 0 saturated carbocycles. The number of aromatic nitrogens is 2. The molecule has 0 aliphatic heterocycles. The van der Waals surface area contributed by atoms with Crippen molar-refractivity contribution in [1.29, 1.82) is 0 Å². The summed E-state index contributed by atoms with van der Waals surface area (Å²) in [5.74, 6) is 1.97. The topological polar surface area (TPSA) is 39.1 Å². The molecule has 2 rings (SSSR count). The van der Waals surface area contributed by atoms with Crippen molar-refractivity contribution in [1.82, 2.24) is 14.9 Å². The van der Waals surface area contributed by atoms with E-state index in [0.29, 0.717) is 6.61 Å². The molecule has 0 radical (unpaired) electrons. The Kier molecular flexibility index (Phi) is 5.44. The van der Waals surface area contributed by atoms with Crippen LogP contribution in [0.5, 0.6) is 5.75 Å². The zero-order chi connectivity index (χ0) is 13.3. The van der Waals surface area contributed by atoms with Crippen LogP contribution in [0.2, 0.25) is 0 Å². The van der Waals surface area contributed by atoms with Crippen LogP contribution in [0.25, 0.3) is 0 Å². The Morgan fingerprint density at radius 1 is 1.26 bits per heavy atom. The van der Waals surface area contributed by atoms with E-state index in [1.165, 1.54) is 0 Å². The quantitative estimate of drug-likeness (QED) is 0.740. The van der Waals surface area contributed by atoms with Crippen LogP contribution in [0.3, 0.4) is 0 Å². The lowest BCUT2D eigenvalue weighted by molar-refractivity contribution is 0.296. The van der Waals surface area contributed by atoms with Crippen molar-refractivity contribution in [3.05, 3.63) is 48.5 Å². The lowest BCUT2D eigenvalue weighted by atomic mass is 10.3. The van der Waals surface area contributed by atoms with Gasteiger partial charge in [0.2, 0.25) is 0 Å². The first-order valence-electron chi connectivity index (χ1n) is 6.78. The minimum atomic E-state index is 0.654. The Balaban J connectivity index is 1.78. The summed E-state index contributed by atoms with van der Waals surface area (Å²) in [6, 6.07) is 9.88. The maximum Gasteiger partial charge on any atom is 0.122 e. The summed E-state index contributed by atoms with van der Waals surface area (Å²) >= 11 is 0. The summed E-state index contributed by atoms with van der Waals surface area (Å²) in [4.78, 5) is 4.36. The summed E-state index contributed by atoms with van der Waals surface area (Å²) in [6.07, 6.45) is 4.97. The minimum Gasteiger partial charge on any atom is -0.492 e. The molecular weight excluding hydrogens is 238 g/mol. The predicted octanol–water partition coefficient (Wildman–Crippen LogP) is 2.46. The van der Waals surface area contributed by atoms with E-state index in [1.807, 2.05) is 42.7 Å². The number of rotatable bonds is 8. The predicted molar refractivity (Wildman–Crippen MR) is 76.2 cm³/mol. The summed E-state index contributed by atoms with van der Waals surface area (Å²) in [6.45, 7) is 5.46. The number of nitrogens with one attached hydrogen (secondary N) is 1. The fourth-order valence-electron chi connectivity index (χ4n) is 1.87. The third kappa shape index (κ3) is 4.41. The van der Waals surface area contributed by atoms with Gasteiger partial charge in [-0.2, -0.15) is 0 Å². The van der Waals surface area contributed by atoms with Crippen molar-refractivity contribution in [2.24, 2.45) is 0 Å². The molecule has 0 unspecified atom stereocenters. The van der Waals surface area contributed by atoms with Crippen molar-refractivity contribution >= 4 is 0 Å². The van der Waals surface area contributed by atoms with Crippen LogP contribution in [-0.2, 0) is 13.1 Å². The molecule has 102 valence electrons. The normalized spacial score (nSPS) is 10.6. The highest BCUT2D eigenvalue weighted by Crippen LogP contribution is 2.08. The Labute approximate surface area is 114 Å². The van der Waals surface area contributed by atoms with Crippen LogP contribution >= 0.6 is 0 Å². The van der Waals surface area contributed by atoms with Crippen molar-refractivity contribution in [2.75, 3.05) is 13.2 Å². The highest BCUT2D eigenvalue weighted by molar-refractivity contribution is 5.20. The van der Waals surface area contributed by atoms with E-state index in [1.54, 1.807) is 0 Å². The van der Waals surface area contributed by atoms with Gasteiger partial charge < -0.3 is 14.6 Å². The molecule has 0 fully saturated rings. The van der Waals surface area contributed by atoms with E-state index in [9.17, 15) is 0 Å². The number of hydrogen-bond acceptors (Lipinski definition) is 3. The summed E-state index contributed by atoms with van der Waals surface area (Å²) < 4.78 is 7.82. The van der Waals surface area contributed by atoms with Gasteiger partial charge in [0.15, 0.2) is 0 Å². The van der Waals surface area contributed by atoms with Gasteiger partial charge in [-0.3, -0.25) is 0 Å². The smallest absolute Gasteiger partial charge is 0.122 e. The van der Waals surface area contributed by atoms with Gasteiger partial charge in [-0.15, -0.1) is 0 Å². The van der Waals surface area contributed by atoms with Crippen LogP contribution in [0.15, 0.2) is 42.7 Å². The van der Waals surface area contributed by atoms with E-state index in [0.717, 1.165) is 37.6 Å². The van der Waals surface area contributed by atoms with Gasteiger partial charge in [-0.05, 0) is 25.1 Å². The second kappa shape index (κ2) is 7.59. The van der Waals surface area contributed by atoms with Crippen LogP contribution in [0, 0.1) is 0 Å². The van der Waals surface area contributed by atoms with Gasteiger partial charge in [0.1, 0.15) is 18.2 Å². The average Bonchev–Trinajstić information content (AvgIpc) is 2.88. The van der Waals surface area contributed by atoms with Gasteiger partial charge in [0.25, 0.3) is 0 Å². The first-order chi connectivity index (χ1) is 9.40. The fraction of sp³-hybridized carbons (Fsp3) is 0.400. The molecule has 0 spiro atoms. The number of hydrogen-bond donors (Lipinski definition) is 1. The molecule has 4 heteroatoms. The number of nitrogens with zero attached hydrogens (tertiary/aromatic N) is 2. The minimum absolute atomic E-state index is 0.654. The molecule has 0 aliphatic rings. The lowest BCUT2D eigenvalue weighted by Crippen LogP contribution is -2.19.